The van der Waals surface area contributed by atoms with Crippen LogP contribution in [0.1, 0.15) is 23.2 Å². The van der Waals surface area contributed by atoms with Crippen LogP contribution < -0.4 is 5.32 Å². The summed E-state index contributed by atoms with van der Waals surface area (Å²) >= 11 is 0. The van der Waals surface area contributed by atoms with Gasteiger partial charge in [0.25, 0.3) is 5.91 Å². The minimum absolute atomic E-state index is 0.0250. The van der Waals surface area contributed by atoms with E-state index in [-0.39, 0.29) is 11.9 Å². The maximum Gasteiger partial charge on any atom is 0.251 e. The number of pyridine rings is 1. The summed E-state index contributed by atoms with van der Waals surface area (Å²) in [6.45, 7) is 3.61. The van der Waals surface area contributed by atoms with Crippen LogP contribution in [0, 0.1) is 0 Å². The fourth-order valence-corrected chi connectivity index (χ4v) is 2.74. The zero-order chi connectivity index (χ0) is 15.2. The van der Waals surface area contributed by atoms with Crippen LogP contribution >= 0.6 is 0 Å². The lowest BCUT2D eigenvalue weighted by molar-refractivity contribution is 0.0901. The number of rotatable bonds is 5. The monoisotopic (exact) mass is 300 g/mol. The molecule has 0 radical (unpaired) electrons. The number of aromatic nitrogens is 4. The van der Waals surface area contributed by atoms with E-state index >= 15 is 0 Å². The minimum atomic E-state index is -0.0250. The van der Waals surface area contributed by atoms with Crippen LogP contribution in [0.2, 0.25) is 0 Å². The molecule has 1 N–H and O–H groups in total. The van der Waals surface area contributed by atoms with Gasteiger partial charge in [-0.3, -0.25) is 14.7 Å². The molecule has 0 aliphatic carbocycles. The Morgan fingerprint density at radius 3 is 2.73 bits per heavy atom. The van der Waals surface area contributed by atoms with Gasteiger partial charge in [-0.25, -0.2) is 0 Å². The number of piperidine rings is 1. The molecule has 0 spiro atoms. The van der Waals surface area contributed by atoms with E-state index in [0.29, 0.717) is 5.56 Å². The van der Waals surface area contributed by atoms with Crippen molar-refractivity contribution in [1.29, 1.82) is 0 Å². The number of hydrogen-bond donors (Lipinski definition) is 1. The summed E-state index contributed by atoms with van der Waals surface area (Å²) in [5.74, 6) is -0.0250. The second-order valence-corrected chi connectivity index (χ2v) is 5.47. The highest BCUT2D eigenvalue weighted by molar-refractivity contribution is 5.94. The average Bonchev–Trinajstić information content (AvgIpc) is 3.08. The molecule has 2 aromatic heterocycles. The van der Waals surface area contributed by atoms with Gasteiger partial charge in [-0.15, -0.1) is 0 Å². The third-order valence-electron chi connectivity index (χ3n) is 3.87. The molecule has 1 aliphatic heterocycles. The van der Waals surface area contributed by atoms with E-state index in [2.05, 4.69) is 25.4 Å². The van der Waals surface area contributed by atoms with E-state index in [1.165, 1.54) is 0 Å². The lowest BCUT2D eigenvalue weighted by atomic mass is 10.1. The Labute approximate surface area is 129 Å². The molecule has 22 heavy (non-hydrogen) atoms. The Morgan fingerprint density at radius 2 is 1.95 bits per heavy atom. The van der Waals surface area contributed by atoms with Gasteiger partial charge in [-0.05, 0) is 31.5 Å². The summed E-state index contributed by atoms with van der Waals surface area (Å²) in [5.41, 5.74) is 0.660. The number of likely N-dealkylation sites (tertiary alicyclic amines) is 1. The molecule has 3 rings (SSSR count). The molecule has 1 unspecified atom stereocenters. The minimum Gasteiger partial charge on any atom is -0.348 e. The second-order valence-electron chi connectivity index (χ2n) is 5.47. The van der Waals surface area contributed by atoms with Gasteiger partial charge in [-0.1, -0.05) is 0 Å². The van der Waals surface area contributed by atoms with E-state index in [4.69, 9.17) is 0 Å². The first-order chi connectivity index (χ1) is 10.8. The fraction of sp³-hybridized carbons (Fsp3) is 0.467. The van der Waals surface area contributed by atoms with Crippen LogP contribution in [-0.2, 0) is 6.54 Å². The van der Waals surface area contributed by atoms with Crippen LogP contribution in [0.25, 0.3) is 0 Å². The van der Waals surface area contributed by atoms with Gasteiger partial charge in [0.1, 0.15) is 0 Å². The maximum atomic E-state index is 12.2. The molecule has 1 amide bonds. The lowest BCUT2D eigenvalue weighted by Gasteiger charge is -2.32. The average molecular weight is 300 g/mol. The van der Waals surface area contributed by atoms with Crippen molar-refractivity contribution in [2.24, 2.45) is 0 Å². The van der Waals surface area contributed by atoms with E-state index < -0.39 is 0 Å². The normalized spacial score (nSPS) is 19.0. The summed E-state index contributed by atoms with van der Waals surface area (Å²) < 4.78 is 0. The molecule has 0 bridgehead atoms. The quantitative estimate of drug-likeness (QED) is 0.873. The first-order valence-corrected chi connectivity index (χ1v) is 7.58. The highest BCUT2D eigenvalue weighted by atomic mass is 16.1. The predicted molar refractivity (Wildman–Crippen MR) is 81.2 cm³/mol. The smallest absolute Gasteiger partial charge is 0.251 e. The Hall–Kier alpha value is -2.28. The van der Waals surface area contributed by atoms with Crippen LogP contribution in [-0.4, -0.2) is 56.5 Å². The largest absolute Gasteiger partial charge is 0.348 e. The number of nitrogens with one attached hydrogen (secondary N) is 1. The molecular formula is C15H20N6O. The van der Waals surface area contributed by atoms with Crippen molar-refractivity contribution in [3.63, 3.8) is 0 Å². The first kappa shape index (κ1) is 14.6. The van der Waals surface area contributed by atoms with Crippen molar-refractivity contribution in [2.45, 2.75) is 25.4 Å². The number of carbonyl (C=O) groups is 1. The molecule has 2 aromatic rings. The summed E-state index contributed by atoms with van der Waals surface area (Å²) in [7, 11) is 0. The standard InChI is InChI=1S/C15H20N6O/c22-15(13-3-5-16-6-4-13)19-14-2-1-9-20(12-14)10-11-21-17-7-8-18-21/h3-8,14H,1-2,9-12H2,(H,19,22). The third-order valence-corrected chi connectivity index (χ3v) is 3.87. The molecule has 1 saturated heterocycles. The van der Waals surface area contributed by atoms with E-state index in [1.54, 1.807) is 41.7 Å². The highest BCUT2D eigenvalue weighted by Crippen LogP contribution is 2.11. The molecule has 1 atom stereocenters. The van der Waals surface area contributed by atoms with Crippen molar-refractivity contribution in [2.75, 3.05) is 19.6 Å². The molecule has 7 nitrogen and oxygen atoms in total. The van der Waals surface area contributed by atoms with Gasteiger partial charge >= 0.3 is 0 Å². The van der Waals surface area contributed by atoms with Crippen molar-refractivity contribution in [3.05, 3.63) is 42.5 Å². The lowest BCUT2D eigenvalue weighted by Crippen LogP contribution is -2.48. The maximum absolute atomic E-state index is 12.2. The summed E-state index contributed by atoms with van der Waals surface area (Å²) in [4.78, 5) is 20.2. The molecule has 1 aliphatic rings. The van der Waals surface area contributed by atoms with E-state index in [1.807, 2.05) is 0 Å². The van der Waals surface area contributed by atoms with Crippen molar-refractivity contribution in [3.8, 4) is 0 Å². The van der Waals surface area contributed by atoms with Gasteiger partial charge in [0.2, 0.25) is 0 Å². The Kier molecular flexibility index (Phi) is 4.75. The van der Waals surface area contributed by atoms with Gasteiger partial charge < -0.3 is 5.32 Å². The summed E-state index contributed by atoms with van der Waals surface area (Å²) in [6, 6.07) is 3.67. The Balaban J connectivity index is 1.49. The zero-order valence-electron chi connectivity index (χ0n) is 12.4. The molecule has 7 heteroatoms. The fourth-order valence-electron chi connectivity index (χ4n) is 2.74. The van der Waals surface area contributed by atoms with Crippen LogP contribution in [0.4, 0.5) is 0 Å². The second kappa shape index (κ2) is 7.13. The number of amides is 1. The number of carbonyl (C=O) groups excluding carboxylic acids is 1. The third kappa shape index (κ3) is 3.88. The molecule has 3 heterocycles. The van der Waals surface area contributed by atoms with E-state index in [0.717, 1.165) is 39.0 Å². The molecule has 0 aromatic carbocycles. The zero-order valence-corrected chi connectivity index (χ0v) is 12.4. The summed E-state index contributed by atoms with van der Waals surface area (Å²) in [5, 5.41) is 11.3. The van der Waals surface area contributed by atoms with Crippen molar-refractivity contribution >= 4 is 5.91 Å². The predicted octanol–water partition coefficient (Wildman–Crippen LogP) is 0.568. The van der Waals surface area contributed by atoms with Crippen LogP contribution in [0.3, 0.4) is 0 Å². The molecule has 0 saturated carbocycles. The van der Waals surface area contributed by atoms with Crippen molar-refractivity contribution < 1.29 is 4.79 Å². The summed E-state index contributed by atoms with van der Waals surface area (Å²) in [6.07, 6.45) is 8.77. The van der Waals surface area contributed by atoms with Gasteiger partial charge in [0.15, 0.2) is 0 Å². The van der Waals surface area contributed by atoms with Crippen LogP contribution in [0.5, 0.6) is 0 Å². The SMILES string of the molecule is O=C(NC1CCCN(CCn2nccn2)C1)c1ccncc1. The van der Waals surface area contributed by atoms with Gasteiger partial charge in [-0.2, -0.15) is 15.0 Å². The number of hydrogen-bond acceptors (Lipinski definition) is 5. The highest BCUT2D eigenvalue weighted by Gasteiger charge is 2.21. The van der Waals surface area contributed by atoms with E-state index in [9.17, 15) is 4.79 Å². The number of nitrogens with zero attached hydrogens (tertiary/aromatic N) is 5. The van der Waals surface area contributed by atoms with Gasteiger partial charge in [0, 0.05) is 37.1 Å². The Morgan fingerprint density at radius 1 is 1.18 bits per heavy atom. The van der Waals surface area contributed by atoms with Crippen LogP contribution in [0.15, 0.2) is 36.9 Å². The van der Waals surface area contributed by atoms with Gasteiger partial charge in [0.05, 0.1) is 18.9 Å². The Bertz CT molecular complexity index is 585. The molecule has 116 valence electrons. The first-order valence-electron chi connectivity index (χ1n) is 7.58. The topological polar surface area (TPSA) is 75.9 Å². The molecule has 1 fully saturated rings. The molecular weight excluding hydrogens is 280 g/mol. The van der Waals surface area contributed by atoms with Crippen molar-refractivity contribution in [1.82, 2.24) is 30.2 Å².